The Bertz CT molecular complexity index is 767. The van der Waals surface area contributed by atoms with Crippen LogP contribution in [-0.4, -0.2) is 37.0 Å². The molecule has 2 amide bonds. The summed E-state index contributed by atoms with van der Waals surface area (Å²) < 4.78 is 5.18. The van der Waals surface area contributed by atoms with Gasteiger partial charge in [0.15, 0.2) is 6.61 Å². The molecule has 1 saturated heterocycles. The number of anilines is 1. The molecule has 1 aliphatic carbocycles. The number of carbonyl (C=O) groups excluding carboxylic acids is 3. The van der Waals surface area contributed by atoms with Crippen molar-refractivity contribution in [3.8, 4) is 0 Å². The molecule has 0 spiro atoms. The Kier molecular flexibility index (Phi) is 6.60. The van der Waals surface area contributed by atoms with Gasteiger partial charge in [-0.3, -0.25) is 9.59 Å². The zero-order valence-corrected chi connectivity index (χ0v) is 17.1. The predicted octanol–water partition coefficient (Wildman–Crippen LogP) is 3.56. The first-order valence-electron chi connectivity index (χ1n) is 9.93. The summed E-state index contributed by atoms with van der Waals surface area (Å²) in [5.41, 5.74) is 0.777. The lowest BCUT2D eigenvalue weighted by molar-refractivity contribution is -0.125. The zero-order valence-electron chi connectivity index (χ0n) is 16.4. The maximum Gasteiger partial charge on any atom is 0.338 e. The van der Waals surface area contributed by atoms with Crippen molar-refractivity contribution < 1.29 is 19.1 Å². The number of amides is 2. The number of benzene rings is 1. The van der Waals surface area contributed by atoms with Gasteiger partial charge in [0, 0.05) is 19.0 Å². The highest BCUT2D eigenvalue weighted by atomic mass is 35.5. The Morgan fingerprint density at radius 1 is 1.25 bits per heavy atom. The number of esters is 1. The van der Waals surface area contributed by atoms with E-state index in [4.69, 9.17) is 16.3 Å². The minimum absolute atomic E-state index is 0.0115. The molecular formula is C21H27ClN2O4. The Labute approximate surface area is 170 Å². The van der Waals surface area contributed by atoms with E-state index in [2.05, 4.69) is 19.2 Å². The van der Waals surface area contributed by atoms with Crippen molar-refractivity contribution in [3.63, 3.8) is 0 Å². The van der Waals surface area contributed by atoms with E-state index in [1.54, 1.807) is 17.0 Å². The van der Waals surface area contributed by atoms with Crippen LogP contribution in [0.5, 0.6) is 0 Å². The molecule has 0 bridgehead atoms. The topological polar surface area (TPSA) is 75.7 Å². The molecule has 1 saturated carbocycles. The number of halogens is 1. The van der Waals surface area contributed by atoms with E-state index in [-0.39, 0.29) is 30.0 Å². The van der Waals surface area contributed by atoms with Gasteiger partial charge in [-0.05, 0) is 42.9 Å². The highest BCUT2D eigenvalue weighted by Crippen LogP contribution is 2.31. The average molecular weight is 407 g/mol. The lowest BCUT2D eigenvalue weighted by Crippen LogP contribution is -2.45. The molecule has 1 aromatic rings. The first kappa shape index (κ1) is 20.6. The normalized spacial score (nSPS) is 24.9. The van der Waals surface area contributed by atoms with Crippen LogP contribution in [-0.2, 0) is 14.3 Å². The quantitative estimate of drug-likeness (QED) is 0.758. The Balaban J connectivity index is 1.57. The molecule has 1 aromatic carbocycles. The van der Waals surface area contributed by atoms with E-state index in [1.807, 2.05) is 0 Å². The van der Waals surface area contributed by atoms with Crippen molar-refractivity contribution in [1.82, 2.24) is 5.32 Å². The molecule has 2 fully saturated rings. The number of rotatable bonds is 5. The first-order chi connectivity index (χ1) is 13.4. The van der Waals surface area contributed by atoms with Gasteiger partial charge >= 0.3 is 5.97 Å². The van der Waals surface area contributed by atoms with E-state index in [1.165, 1.54) is 12.5 Å². The molecule has 152 valence electrons. The maximum absolute atomic E-state index is 12.4. The Morgan fingerprint density at radius 3 is 2.75 bits per heavy atom. The van der Waals surface area contributed by atoms with Crippen molar-refractivity contribution in [2.45, 2.75) is 52.0 Å². The average Bonchev–Trinajstić information content (AvgIpc) is 3.09. The largest absolute Gasteiger partial charge is 0.452 e. The summed E-state index contributed by atoms with van der Waals surface area (Å²) in [7, 11) is 0. The van der Waals surface area contributed by atoms with E-state index >= 15 is 0 Å². The van der Waals surface area contributed by atoms with Crippen molar-refractivity contribution in [2.75, 3.05) is 18.1 Å². The summed E-state index contributed by atoms with van der Waals surface area (Å²) in [5.74, 6) is 0.0724. The number of carbonyl (C=O) groups is 3. The van der Waals surface area contributed by atoms with Gasteiger partial charge in [0.05, 0.1) is 16.3 Å². The van der Waals surface area contributed by atoms with Crippen LogP contribution >= 0.6 is 11.6 Å². The second-order valence-corrected chi connectivity index (χ2v) is 8.24. The fraction of sp³-hybridized carbons (Fsp3) is 0.571. The smallest absolute Gasteiger partial charge is 0.338 e. The van der Waals surface area contributed by atoms with Gasteiger partial charge in [-0.15, -0.1) is 0 Å². The van der Waals surface area contributed by atoms with Gasteiger partial charge in [0.2, 0.25) is 5.91 Å². The molecule has 1 aliphatic heterocycles. The Morgan fingerprint density at radius 2 is 2.04 bits per heavy atom. The van der Waals surface area contributed by atoms with Gasteiger partial charge in [0.1, 0.15) is 0 Å². The third-order valence-corrected chi connectivity index (χ3v) is 6.25. The summed E-state index contributed by atoms with van der Waals surface area (Å²) >= 11 is 6.20. The maximum atomic E-state index is 12.4. The van der Waals surface area contributed by atoms with Gasteiger partial charge in [0.25, 0.3) is 5.91 Å². The minimum atomic E-state index is -0.607. The second kappa shape index (κ2) is 8.95. The lowest BCUT2D eigenvalue weighted by Gasteiger charge is -2.34. The van der Waals surface area contributed by atoms with Crippen LogP contribution in [0.3, 0.4) is 0 Å². The molecule has 1 heterocycles. The highest BCUT2D eigenvalue weighted by Gasteiger charge is 2.28. The lowest BCUT2D eigenvalue weighted by atomic mass is 9.78. The molecule has 1 N–H and O–H groups in total. The van der Waals surface area contributed by atoms with Crippen LogP contribution in [0, 0.1) is 11.8 Å². The van der Waals surface area contributed by atoms with Gasteiger partial charge < -0.3 is 15.0 Å². The van der Waals surface area contributed by atoms with Crippen molar-refractivity contribution in [2.24, 2.45) is 11.8 Å². The molecule has 6 nitrogen and oxygen atoms in total. The summed E-state index contributed by atoms with van der Waals surface area (Å²) in [5, 5.41) is 3.39. The van der Waals surface area contributed by atoms with Gasteiger partial charge in [-0.2, -0.15) is 0 Å². The molecular weight excluding hydrogens is 380 g/mol. The monoisotopic (exact) mass is 406 g/mol. The van der Waals surface area contributed by atoms with E-state index in [0.29, 0.717) is 35.5 Å². The summed E-state index contributed by atoms with van der Waals surface area (Å²) in [6.07, 6.45) is 4.47. The Hall–Kier alpha value is -2.08. The van der Waals surface area contributed by atoms with Crippen LogP contribution in [0.2, 0.25) is 5.02 Å². The van der Waals surface area contributed by atoms with Crippen LogP contribution < -0.4 is 10.2 Å². The number of nitrogens with one attached hydrogen (secondary N) is 1. The summed E-state index contributed by atoms with van der Waals surface area (Å²) in [4.78, 5) is 38.1. The molecule has 3 atom stereocenters. The third-order valence-electron chi connectivity index (χ3n) is 5.93. The fourth-order valence-corrected chi connectivity index (χ4v) is 4.22. The zero-order chi connectivity index (χ0) is 20.3. The minimum Gasteiger partial charge on any atom is -0.452 e. The fourth-order valence-electron chi connectivity index (χ4n) is 4.00. The standard InChI is InChI=1S/C21H27ClN2O4/c1-13-5-3-6-17(14(13)2)23-19(25)12-28-21(27)15-8-9-16(22)18(11-15)24-10-4-7-20(24)26/h8-9,11,13-14,17H,3-7,10,12H2,1-2H3,(H,23,25)/t13-,14-,17+/m1/s1. The van der Waals surface area contributed by atoms with Crippen LogP contribution in [0.25, 0.3) is 0 Å². The summed E-state index contributed by atoms with van der Waals surface area (Å²) in [6.45, 7) is 4.61. The van der Waals surface area contributed by atoms with Gasteiger partial charge in [-0.1, -0.05) is 38.3 Å². The number of hydrogen-bond donors (Lipinski definition) is 1. The van der Waals surface area contributed by atoms with Crippen molar-refractivity contribution >= 4 is 35.1 Å². The SMILES string of the molecule is C[C@@H]1[C@H](C)CCC[C@@H]1NC(=O)COC(=O)c1ccc(Cl)c(N2CCCC2=O)c1. The molecule has 28 heavy (non-hydrogen) atoms. The van der Waals surface area contributed by atoms with Crippen molar-refractivity contribution in [3.05, 3.63) is 28.8 Å². The summed E-state index contributed by atoms with van der Waals surface area (Å²) in [6, 6.07) is 4.79. The number of hydrogen-bond acceptors (Lipinski definition) is 4. The van der Waals surface area contributed by atoms with E-state index < -0.39 is 5.97 Å². The molecule has 7 heteroatoms. The number of nitrogens with zero attached hydrogens (tertiary/aromatic N) is 1. The second-order valence-electron chi connectivity index (χ2n) is 7.83. The molecule has 3 rings (SSSR count). The highest BCUT2D eigenvalue weighted by molar-refractivity contribution is 6.34. The molecule has 2 aliphatic rings. The number of ether oxygens (including phenoxy) is 1. The van der Waals surface area contributed by atoms with Crippen molar-refractivity contribution in [1.29, 1.82) is 0 Å². The first-order valence-corrected chi connectivity index (χ1v) is 10.3. The molecule has 0 radical (unpaired) electrons. The van der Waals surface area contributed by atoms with Crippen LogP contribution in [0.1, 0.15) is 56.3 Å². The predicted molar refractivity (Wildman–Crippen MR) is 107 cm³/mol. The van der Waals surface area contributed by atoms with Crippen LogP contribution in [0.4, 0.5) is 5.69 Å². The molecule has 0 aromatic heterocycles. The van der Waals surface area contributed by atoms with Crippen LogP contribution in [0.15, 0.2) is 18.2 Å². The third kappa shape index (κ3) is 4.66. The van der Waals surface area contributed by atoms with E-state index in [0.717, 1.165) is 19.3 Å². The van der Waals surface area contributed by atoms with Gasteiger partial charge in [-0.25, -0.2) is 4.79 Å². The van der Waals surface area contributed by atoms with E-state index in [9.17, 15) is 14.4 Å². The molecule has 0 unspecified atom stereocenters.